The van der Waals surface area contributed by atoms with Crippen LogP contribution in [0.4, 0.5) is 5.69 Å². The van der Waals surface area contributed by atoms with Gasteiger partial charge >= 0.3 is 0 Å². The topological polar surface area (TPSA) is 72.2 Å². The number of hydrogen-bond acceptors (Lipinski definition) is 3. The maximum atomic E-state index is 11.8. The second-order valence-corrected chi connectivity index (χ2v) is 6.13. The predicted molar refractivity (Wildman–Crippen MR) is 90.7 cm³/mol. The minimum atomic E-state index is -0.198. The van der Waals surface area contributed by atoms with Gasteiger partial charge in [-0.2, -0.15) is 0 Å². The average Bonchev–Trinajstić information content (AvgIpc) is 3.25. The number of para-hydroxylation sites is 1. The number of rotatable bonds is 8. The van der Waals surface area contributed by atoms with E-state index < -0.39 is 0 Å². The number of hydrogen-bond donors (Lipinski definition) is 3. The van der Waals surface area contributed by atoms with Gasteiger partial charge in [-0.05, 0) is 43.7 Å². The van der Waals surface area contributed by atoms with Gasteiger partial charge in [0, 0.05) is 17.2 Å². The quantitative estimate of drug-likeness (QED) is 0.391. The van der Waals surface area contributed by atoms with Crippen molar-refractivity contribution in [2.24, 2.45) is 17.6 Å². The molecule has 1 aliphatic carbocycles. The van der Waals surface area contributed by atoms with E-state index in [0.717, 1.165) is 36.3 Å². The molecule has 1 aromatic carbocycles. The number of amides is 2. The number of primary amides is 1. The number of carbonyl (C=O) groups excluding carboxylic acids is 2. The Hall–Kier alpha value is -1.75. The van der Waals surface area contributed by atoms with Crippen LogP contribution < -0.4 is 11.1 Å². The van der Waals surface area contributed by atoms with Crippen LogP contribution in [0.15, 0.2) is 41.3 Å². The van der Waals surface area contributed by atoms with Crippen LogP contribution in [-0.2, 0) is 9.59 Å². The van der Waals surface area contributed by atoms with Crippen molar-refractivity contribution in [1.82, 2.24) is 0 Å². The molecule has 1 aliphatic rings. The van der Waals surface area contributed by atoms with Crippen molar-refractivity contribution in [2.75, 3.05) is 5.32 Å². The van der Waals surface area contributed by atoms with Gasteiger partial charge < -0.3 is 11.1 Å². The fourth-order valence-corrected chi connectivity index (χ4v) is 2.58. The van der Waals surface area contributed by atoms with Gasteiger partial charge in [-0.3, -0.25) is 9.59 Å². The number of benzene rings is 1. The molecule has 1 aromatic rings. The Morgan fingerprint density at radius 3 is 2.77 bits per heavy atom. The Labute approximate surface area is 136 Å². The molecule has 2 rings (SSSR count). The third-order valence-corrected chi connectivity index (χ3v) is 4.18. The van der Waals surface area contributed by atoms with Crippen LogP contribution in [0.1, 0.15) is 32.1 Å². The van der Waals surface area contributed by atoms with Gasteiger partial charge in [-0.1, -0.05) is 24.3 Å². The van der Waals surface area contributed by atoms with Gasteiger partial charge in [0.05, 0.1) is 5.69 Å². The number of allylic oxidation sites excluding steroid dienone is 2. The molecule has 0 spiro atoms. The van der Waals surface area contributed by atoms with E-state index in [-0.39, 0.29) is 17.7 Å². The van der Waals surface area contributed by atoms with Gasteiger partial charge in [0.1, 0.15) is 0 Å². The van der Waals surface area contributed by atoms with E-state index >= 15 is 0 Å². The Morgan fingerprint density at radius 1 is 1.32 bits per heavy atom. The summed E-state index contributed by atoms with van der Waals surface area (Å²) < 4.78 is 0. The molecule has 0 aromatic heterocycles. The average molecular weight is 318 g/mol. The minimum Gasteiger partial charge on any atom is -0.369 e. The Morgan fingerprint density at radius 2 is 2.09 bits per heavy atom. The van der Waals surface area contributed by atoms with Crippen molar-refractivity contribution in [3.63, 3.8) is 0 Å². The highest BCUT2D eigenvalue weighted by Crippen LogP contribution is 2.39. The second kappa shape index (κ2) is 8.03. The summed E-state index contributed by atoms with van der Waals surface area (Å²) in [6.07, 6.45) is 8.29. The normalized spacial score (nSPS) is 20.0. The zero-order valence-corrected chi connectivity index (χ0v) is 13.4. The number of nitrogens with one attached hydrogen (secondary N) is 1. The lowest BCUT2D eigenvalue weighted by atomic mass is 10.1. The highest BCUT2D eigenvalue weighted by molar-refractivity contribution is 7.80. The standard InChI is InChI=1S/C17H22N2O2S/c18-17(21)13-11-12(13)7-3-1-2-4-10-16(20)19-14-8-5-6-9-15(14)22/h3,5-9,12-13,22H,1-2,4,10-11H2,(H2,18,21)(H,19,20)/b7-3+. The first-order chi connectivity index (χ1) is 10.6. The van der Waals surface area contributed by atoms with Gasteiger partial charge in [-0.25, -0.2) is 0 Å². The van der Waals surface area contributed by atoms with Crippen LogP contribution in [0.5, 0.6) is 0 Å². The Bertz CT molecular complexity index is 572. The molecule has 2 amide bonds. The molecule has 4 nitrogen and oxygen atoms in total. The smallest absolute Gasteiger partial charge is 0.224 e. The molecule has 1 fully saturated rings. The van der Waals surface area contributed by atoms with Gasteiger partial charge in [0.25, 0.3) is 0 Å². The van der Waals surface area contributed by atoms with Crippen molar-refractivity contribution in [3.05, 3.63) is 36.4 Å². The Balaban J connectivity index is 1.57. The first-order valence-corrected chi connectivity index (χ1v) is 8.06. The highest BCUT2D eigenvalue weighted by atomic mass is 32.1. The molecule has 2 unspecified atom stereocenters. The van der Waals surface area contributed by atoms with Gasteiger partial charge in [0.2, 0.25) is 11.8 Å². The maximum absolute atomic E-state index is 11.8. The monoisotopic (exact) mass is 318 g/mol. The molecular formula is C17H22N2O2S. The van der Waals surface area contributed by atoms with Crippen molar-refractivity contribution < 1.29 is 9.59 Å². The van der Waals surface area contributed by atoms with E-state index in [1.165, 1.54) is 0 Å². The van der Waals surface area contributed by atoms with Crippen molar-refractivity contribution in [2.45, 2.75) is 37.0 Å². The van der Waals surface area contributed by atoms with Crippen LogP contribution in [0, 0.1) is 11.8 Å². The largest absolute Gasteiger partial charge is 0.369 e. The lowest BCUT2D eigenvalue weighted by molar-refractivity contribution is -0.119. The second-order valence-electron chi connectivity index (χ2n) is 5.65. The first kappa shape index (κ1) is 16.6. The number of thiol groups is 1. The summed E-state index contributed by atoms with van der Waals surface area (Å²) in [5, 5.41) is 2.86. The zero-order valence-electron chi connectivity index (χ0n) is 12.5. The molecule has 5 heteroatoms. The molecule has 118 valence electrons. The van der Waals surface area contributed by atoms with Crippen molar-refractivity contribution >= 4 is 30.1 Å². The van der Waals surface area contributed by atoms with Crippen LogP contribution in [0.25, 0.3) is 0 Å². The van der Waals surface area contributed by atoms with Crippen molar-refractivity contribution in [3.8, 4) is 0 Å². The van der Waals surface area contributed by atoms with Gasteiger partial charge in [-0.15, -0.1) is 12.6 Å². The fraction of sp³-hybridized carbons (Fsp3) is 0.412. The summed E-state index contributed by atoms with van der Waals surface area (Å²) in [7, 11) is 0. The lowest BCUT2D eigenvalue weighted by Gasteiger charge is -2.06. The van der Waals surface area contributed by atoms with E-state index in [1.54, 1.807) is 0 Å². The van der Waals surface area contributed by atoms with Gasteiger partial charge in [0.15, 0.2) is 0 Å². The summed E-state index contributed by atoms with van der Waals surface area (Å²) >= 11 is 4.30. The molecule has 3 N–H and O–H groups in total. The van der Waals surface area contributed by atoms with E-state index in [2.05, 4.69) is 30.1 Å². The van der Waals surface area contributed by atoms with Crippen LogP contribution >= 0.6 is 12.6 Å². The summed E-state index contributed by atoms with van der Waals surface area (Å²) in [5.41, 5.74) is 5.98. The van der Waals surface area contributed by atoms with E-state index in [9.17, 15) is 9.59 Å². The molecule has 1 saturated carbocycles. The minimum absolute atomic E-state index is 0.0152. The lowest BCUT2D eigenvalue weighted by Crippen LogP contribution is -2.13. The highest BCUT2D eigenvalue weighted by Gasteiger charge is 2.39. The summed E-state index contributed by atoms with van der Waals surface area (Å²) in [4.78, 5) is 23.5. The molecular weight excluding hydrogens is 296 g/mol. The molecule has 0 heterocycles. The molecule has 2 atom stereocenters. The number of carbonyl (C=O) groups is 2. The third-order valence-electron chi connectivity index (χ3n) is 3.79. The van der Waals surface area contributed by atoms with Crippen molar-refractivity contribution in [1.29, 1.82) is 0 Å². The summed E-state index contributed by atoms with van der Waals surface area (Å²) in [5.74, 6) is 0.202. The SMILES string of the molecule is NC(=O)C1CC1/C=C/CCCCC(=O)Nc1ccccc1S. The third kappa shape index (κ3) is 5.22. The number of unbranched alkanes of at least 4 members (excludes halogenated alkanes) is 2. The van der Waals surface area contributed by atoms with E-state index in [4.69, 9.17) is 5.73 Å². The molecule has 22 heavy (non-hydrogen) atoms. The molecule has 0 radical (unpaired) electrons. The molecule has 0 bridgehead atoms. The molecule has 0 saturated heterocycles. The Kier molecular flexibility index (Phi) is 6.07. The van der Waals surface area contributed by atoms with Crippen LogP contribution in [-0.4, -0.2) is 11.8 Å². The first-order valence-electron chi connectivity index (χ1n) is 7.61. The van der Waals surface area contributed by atoms with Crippen LogP contribution in [0.2, 0.25) is 0 Å². The summed E-state index contributed by atoms with van der Waals surface area (Å²) in [6.45, 7) is 0. The fourth-order valence-electron chi connectivity index (χ4n) is 2.37. The van der Waals surface area contributed by atoms with E-state index in [1.807, 2.05) is 24.3 Å². The molecule has 0 aliphatic heterocycles. The summed E-state index contributed by atoms with van der Waals surface area (Å²) in [6, 6.07) is 7.44. The number of anilines is 1. The maximum Gasteiger partial charge on any atom is 0.224 e. The van der Waals surface area contributed by atoms with E-state index in [0.29, 0.717) is 12.3 Å². The predicted octanol–water partition coefficient (Wildman–Crippen LogP) is 3.15. The number of nitrogens with two attached hydrogens (primary N) is 1. The zero-order chi connectivity index (χ0) is 15.9. The van der Waals surface area contributed by atoms with Crippen LogP contribution in [0.3, 0.4) is 0 Å².